The maximum atomic E-state index is 12.8. The van der Waals surface area contributed by atoms with Crippen LogP contribution in [0.15, 0.2) is 30.3 Å². The van der Waals surface area contributed by atoms with Crippen LogP contribution in [0.25, 0.3) is 0 Å². The number of benzene rings is 1. The SMILES string of the molecule is CC(=O)C(S)(Cc1ccccc1)C(=O)NC(C)C(=O)N1CCCC1C(=O)O. The maximum Gasteiger partial charge on any atom is 0.326 e. The summed E-state index contributed by atoms with van der Waals surface area (Å²) >= 11 is 4.34. The average Bonchev–Trinajstić information content (AvgIpc) is 3.11. The molecule has 0 aliphatic carbocycles. The molecule has 27 heavy (non-hydrogen) atoms. The number of amides is 2. The number of thiol groups is 1. The Bertz CT molecular complexity index is 739. The Hall–Kier alpha value is -2.35. The van der Waals surface area contributed by atoms with Crippen molar-refractivity contribution in [3.05, 3.63) is 35.9 Å². The lowest BCUT2D eigenvalue weighted by molar-refractivity contribution is -0.149. The predicted molar refractivity (Wildman–Crippen MR) is 103 cm³/mol. The quantitative estimate of drug-likeness (QED) is 0.476. The highest BCUT2D eigenvalue weighted by Crippen LogP contribution is 2.24. The van der Waals surface area contributed by atoms with Gasteiger partial charge in [-0.3, -0.25) is 14.4 Å². The molecule has 1 aromatic carbocycles. The number of hydrogen-bond donors (Lipinski definition) is 3. The Kier molecular flexibility index (Phi) is 6.64. The maximum absolute atomic E-state index is 12.8. The molecule has 3 atom stereocenters. The molecule has 0 aromatic heterocycles. The summed E-state index contributed by atoms with van der Waals surface area (Å²) in [4.78, 5) is 50.0. The second kappa shape index (κ2) is 8.56. The molecule has 0 bridgehead atoms. The highest BCUT2D eigenvalue weighted by molar-refractivity contribution is 7.83. The molecule has 0 radical (unpaired) electrons. The highest BCUT2D eigenvalue weighted by atomic mass is 32.1. The number of carbonyl (C=O) groups is 4. The molecule has 1 aromatic rings. The van der Waals surface area contributed by atoms with E-state index in [0.29, 0.717) is 19.4 Å². The van der Waals surface area contributed by atoms with Gasteiger partial charge in [-0.25, -0.2) is 4.79 Å². The molecular weight excluding hydrogens is 368 g/mol. The molecule has 3 unspecified atom stereocenters. The van der Waals surface area contributed by atoms with Crippen LogP contribution in [0.5, 0.6) is 0 Å². The number of nitrogens with one attached hydrogen (secondary N) is 1. The number of carboxylic acid groups (broad SMARTS) is 1. The van der Waals surface area contributed by atoms with Gasteiger partial charge in [0.15, 0.2) is 10.5 Å². The van der Waals surface area contributed by atoms with Crippen molar-refractivity contribution >= 4 is 36.2 Å². The zero-order valence-electron chi connectivity index (χ0n) is 15.3. The summed E-state index contributed by atoms with van der Waals surface area (Å²) in [5, 5.41) is 11.8. The number of Topliss-reactive ketones (excluding diaryl/α,β-unsaturated/α-hetero) is 1. The fraction of sp³-hybridized carbons (Fsp3) is 0.474. The number of likely N-dealkylation sites (tertiary alicyclic amines) is 1. The first-order valence-electron chi connectivity index (χ1n) is 8.78. The highest BCUT2D eigenvalue weighted by Gasteiger charge is 2.42. The van der Waals surface area contributed by atoms with Crippen molar-refractivity contribution in [3.8, 4) is 0 Å². The Morgan fingerprint density at radius 3 is 2.48 bits per heavy atom. The zero-order chi connectivity index (χ0) is 20.2. The van der Waals surface area contributed by atoms with Crippen molar-refractivity contribution < 1.29 is 24.3 Å². The van der Waals surface area contributed by atoms with Crippen LogP contribution in [0.1, 0.15) is 32.3 Å². The first-order valence-corrected chi connectivity index (χ1v) is 9.23. The Morgan fingerprint density at radius 1 is 1.30 bits per heavy atom. The van der Waals surface area contributed by atoms with Crippen molar-refractivity contribution in [1.29, 1.82) is 0 Å². The largest absolute Gasteiger partial charge is 0.480 e. The molecule has 1 heterocycles. The van der Waals surface area contributed by atoms with Crippen molar-refractivity contribution in [2.75, 3.05) is 6.54 Å². The Morgan fingerprint density at radius 2 is 1.93 bits per heavy atom. The molecule has 1 saturated heterocycles. The number of hydrogen-bond acceptors (Lipinski definition) is 5. The van der Waals surface area contributed by atoms with E-state index in [9.17, 15) is 24.3 Å². The molecule has 2 N–H and O–H groups in total. The lowest BCUT2D eigenvalue weighted by atomic mass is 9.93. The Labute approximate surface area is 163 Å². The van der Waals surface area contributed by atoms with Crippen LogP contribution >= 0.6 is 12.6 Å². The fourth-order valence-electron chi connectivity index (χ4n) is 3.17. The minimum absolute atomic E-state index is 0.0838. The van der Waals surface area contributed by atoms with Crippen molar-refractivity contribution in [2.24, 2.45) is 0 Å². The van der Waals surface area contributed by atoms with Crippen molar-refractivity contribution in [2.45, 2.75) is 49.9 Å². The van der Waals surface area contributed by atoms with Gasteiger partial charge < -0.3 is 15.3 Å². The molecule has 2 amide bonds. The van der Waals surface area contributed by atoms with E-state index in [0.717, 1.165) is 5.56 Å². The molecule has 146 valence electrons. The van der Waals surface area contributed by atoms with E-state index in [-0.39, 0.29) is 6.42 Å². The topological polar surface area (TPSA) is 104 Å². The van der Waals surface area contributed by atoms with E-state index >= 15 is 0 Å². The van der Waals surface area contributed by atoms with Crippen LogP contribution in [0.3, 0.4) is 0 Å². The Balaban J connectivity index is 2.11. The fourth-order valence-corrected chi connectivity index (χ4v) is 3.42. The lowest BCUT2D eigenvalue weighted by Gasteiger charge is -2.29. The van der Waals surface area contributed by atoms with Crippen LogP contribution < -0.4 is 5.32 Å². The third-order valence-corrected chi connectivity index (χ3v) is 5.48. The summed E-state index contributed by atoms with van der Waals surface area (Å²) in [6.07, 6.45) is 1.07. The molecule has 8 heteroatoms. The molecule has 0 saturated carbocycles. The third kappa shape index (κ3) is 4.68. The van der Waals surface area contributed by atoms with E-state index in [2.05, 4.69) is 17.9 Å². The number of aliphatic carboxylic acids is 1. The molecule has 2 rings (SSSR count). The zero-order valence-corrected chi connectivity index (χ0v) is 16.2. The number of carboxylic acids is 1. The van der Waals surface area contributed by atoms with E-state index in [1.165, 1.54) is 18.7 Å². The van der Waals surface area contributed by atoms with Crippen LogP contribution in [0.4, 0.5) is 0 Å². The van der Waals surface area contributed by atoms with Crippen LogP contribution in [-0.4, -0.2) is 56.9 Å². The van der Waals surface area contributed by atoms with E-state index in [1.54, 1.807) is 24.3 Å². The first kappa shape index (κ1) is 21.0. The van der Waals surface area contributed by atoms with Gasteiger partial charge >= 0.3 is 5.97 Å². The van der Waals surface area contributed by atoms with Gasteiger partial charge in [0.1, 0.15) is 12.1 Å². The second-order valence-corrected chi connectivity index (χ2v) is 7.57. The number of nitrogens with zero attached hydrogens (tertiary/aromatic N) is 1. The summed E-state index contributed by atoms with van der Waals surface area (Å²) in [6.45, 7) is 3.09. The van der Waals surface area contributed by atoms with Gasteiger partial charge in [0, 0.05) is 13.0 Å². The van der Waals surface area contributed by atoms with Gasteiger partial charge in [-0.2, -0.15) is 12.6 Å². The summed E-state index contributed by atoms with van der Waals surface area (Å²) in [7, 11) is 0. The first-order chi connectivity index (χ1) is 12.7. The molecule has 0 spiro atoms. The molecule has 1 fully saturated rings. The second-order valence-electron chi connectivity index (χ2n) is 6.80. The van der Waals surface area contributed by atoms with E-state index < -0.39 is 40.4 Å². The molecular formula is C19H24N2O5S. The minimum Gasteiger partial charge on any atom is -0.480 e. The molecule has 1 aliphatic rings. The van der Waals surface area contributed by atoms with Gasteiger partial charge in [0.2, 0.25) is 11.8 Å². The smallest absolute Gasteiger partial charge is 0.326 e. The van der Waals surface area contributed by atoms with E-state index in [1.807, 2.05) is 6.07 Å². The van der Waals surface area contributed by atoms with Gasteiger partial charge in [-0.1, -0.05) is 30.3 Å². The average molecular weight is 392 g/mol. The minimum atomic E-state index is -1.62. The summed E-state index contributed by atoms with van der Waals surface area (Å²) in [5.41, 5.74) is 0.766. The van der Waals surface area contributed by atoms with Crippen LogP contribution in [0, 0.1) is 0 Å². The van der Waals surface area contributed by atoms with E-state index in [4.69, 9.17) is 0 Å². The van der Waals surface area contributed by atoms with Crippen LogP contribution in [-0.2, 0) is 25.6 Å². The normalized spacial score (nSPS) is 19.8. The number of rotatable bonds is 7. The van der Waals surface area contributed by atoms with Crippen LogP contribution in [0.2, 0.25) is 0 Å². The number of carbonyl (C=O) groups excluding carboxylic acids is 3. The molecule has 7 nitrogen and oxygen atoms in total. The monoisotopic (exact) mass is 392 g/mol. The predicted octanol–water partition coefficient (Wildman–Crippen LogP) is 1.07. The summed E-state index contributed by atoms with van der Waals surface area (Å²) in [5.74, 6) is -2.64. The lowest BCUT2D eigenvalue weighted by Crippen LogP contribution is -2.56. The third-order valence-electron chi connectivity index (χ3n) is 4.80. The number of ketones is 1. The van der Waals surface area contributed by atoms with Crippen molar-refractivity contribution in [3.63, 3.8) is 0 Å². The van der Waals surface area contributed by atoms with Crippen molar-refractivity contribution in [1.82, 2.24) is 10.2 Å². The molecule has 1 aliphatic heterocycles. The van der Waals surface area contributed by atoms with Gasteiger partial charge in [-0.15, -0.1) is 0 Å². The summed E-state index contributed by atoms with van der Waals surface area (Å²) < 4.78 is -1.62. The summed E-state index contributed by atoms with van der Waals surface area (Å²) in [6, 6.07) is 7.16. The van der Waals surface area contributed by atoms with Gasteiger partial charge in [0.25, 0.3) is 0 Å². The van der Waals surface area contributed by atoms with Gasteiger partial charge in [0.05, 0.1) is 0 Å². The standard InChI is InChI=1S/C19H24N2O5S/c1-12(16(23)21-10-6-9-15(21)17(24)25)20-18(26)19(27,13(2)22)11-14-7-4-3-5-8-14/h3-5,7-8,12,15,27H,6,9-11H2,1-2H3,(H,20,26)(H,24,25). The van der Waals surface area contributed by atoms with Gasteiger partial charge in [-0.05, 0) is 32.3 Å².